The zero-order valence-corrected chi connectivity index (χ0v) is 15.0. The van der Waals surface area contributed by atoms with Crippen LogP contribution in [0.5, 0.6) is 5.75 Å². The van der Waals surface area contributed by atoms with E-state index < -0.39 is 16.0 Å². The molecule has 1 aromatic carbocycles. The second-order valence-corrected chi connectivity index (χ2v) is 7.56. The summed E-state index contributed by atoms with van der Waals surface area (Å²) in [6, 6.07) is 7.23. The highest BCUT2D eigenvalue weighted by atomic mass is 32.2. The fraction of sp³-hybridized carbons (Fsp3) is 0.294. The van der Waals surface area contributed by atoms with Crippen LogP contribution in [0.2, 0.25) is 0 Å². The Hall–Kier alpha value is -2.81. The molecule has 2 N–H and O–H groups in total. The van der Waals surface area contributed by atoms with E-state index in [1.54, 1.807) is 12.1 Å². The number of sulfonamides is 1. The number of carboxylic acid groups (broad SMARTS) is 1. The summed E-state index contributed by atoms with van der Waals surface area (Å²) in [5.41, 5.74) is 0.0722. The van der Waals surface area contributed by atoms with Gasteiger partial charge in [0.2, 0.25) is 0 Å². The molecule has 0 aliphatic carbocycles. The number of ether oxygens (including phenoxy) is 1. The van der Waals surface area contributed by atoms with Crippen molar-refractivity contribution in [1.29, 1.82) is 0 Å². The standard InChI is InChI=1S/C17H19N3O5S/c1-25-13-4-6-14(7-5-13)26(23,24)19-15-10-12(17(21)22)11-18-16(15)20-8-2-3-9-20/h4-7,10-11,19H,2-3,8-9H2,1H3,(H,21,22). The first-order chi connectivity index (χ1) is 12.4. The van der Waals surface area contributed by atoms with Crippen molar-refractivity contribution in [3.8, 4) is 5.75 Å². The zero-order valence-electron chi connectivity index (χ0n) is 14.2. The summed E-state index contributed by atoms with van der Waals surface area (Å²) < 4.78 is 32.9. The number of aromatic carboxylic acids is 1. The minimum atomic E-state index is -3.90. The molecule has 0 amide bonds. The van der Waals surface area contributed by atoms with Gasteiger partial charge in [-0.15, -0.1) is 0 Å². The average Bonchev–Trinajstić information content (AvgIpc) is 3.15. The van der Waals surface area contributed by atoms with Crippen LogP contribution in [0.3, 0.4) is 0 Å². The van der Waals surface area contributed by atoms with E-state index >= 15 is 0 Å². The Morgan fingerprint density at radius 2 is 1.88 bits per heavy atom. The molecule has 1 aromatic heterocycles. The lowest BCUT2D eigenvalue weighted by Crippen LogP contribution is -2.23. The molecule has 1 fully saturated rings. The molecular formula is C17H19N3O5S. The van der Waals surface area contributed by atoms with Crippen molar-refractivity contribution < 1.29 is 23.1 Å². The largest absolute Gasteiger partial charge is 0.497 e. The lowest BCUT2D eigenvalue weighted by molar-refractivity contribution is 0.0696. The maximum atomic E-state index is 12.7. The number of methoxy groups -OCH3 is 1. The van der Waals surface area contributed by atoms with Crippen LogP contribution in [-0.2, 0) is 10.0 Å². The summed E-state index contributed by atoms with van der Waals surface area (Å²) in [5, 5.41) is 9.19. The van der Waals surface area contributed by atoms with E-state index in [9.17, 15) is 18.3 Å². The highest BCUT2D eigenvalue weighted by Gasteiger charge is 2.23. The predicted molar refractivity (Wildman–Crippen MR) is 96.4 cm³/mol. The maximum absolute atomic E-state index is 12.7. The van der Waals surface area contributed by atoms with E-state index in [4.69, 9.17) is 4.74 Å². The zero-order chi connectivity index (χ0) is 18.7. The van der Waals surface area contributed by atoms with Gasteiger partial charge in [0.15, 0.2) is 5.82 Å². The number of aromatic nitrogens is 1. The number of pyridine rings is 1. The number of nitrogens with one attached hydrogen (secondary N) is 1. The summed E-state index contributed by atoms with van der Waals surface area (Å²) in [4.78, 5) is 17.4. The van der Waals surface area contributed by atoms with E-state index in [2.05, 4.69) is 9.71 Å². The summed E-state index contributed by atoms with van der Waals surface area (Å²) >= 11 is 0. The molecule has 0 bridgehead atoms. The lowest BCUT2D eigenvalue weighted by Gasteiger charge is -2.21. The van der Waals surface area contributed by atoms with Crippen LogP contribution in [0, 0.1) is 0 Å². The topological polar surface area (TPSA) is 109 Å². The minimum absolute atomic E-state index is 0.0476. The Bertz CT molecular complexity index is 906. The van der Waals surface area contributed by atoms with Gasteiger partial charge < -0.3 is 14.7 Å². The summed E-state index contributed by atoms with van der Waals surface area (Å²) in [6.07, 6.45) is 3.20. The van der Waals surface area contributed by atoms with Gasteiger partial charge in [0, 0.05) is 19.3 Å². The first kappa shape index (κ1) is 18.0. The Kier molecular flexibility index (Phi) is 4.99. The third-order valence-corrected chi connectivity index (χ3v) is 5.51. The van der Waals surface area contributed by atoms with E-state index in [1.807, 2.05) is 4.90 Å². The van der Waals surface area contributed by atoms with Gasteiger partial charge in [-0.3, -0.25) is 4.72 Å². The van der Waals surface area contributed by atoms with Crippen LogP contribution < -0.4 is 14.4 Å². The SMILES string of the molecule is COc1ccc(S(=O)(=O)Nc2cc(C(=O)O)cnc2N2CCCC2)cc1. The van der Waals surface area contributed by atoms with E-state index in [0.717, 1.165) is 25.9 Å². The molecule has 2 heterocycles. The molecule has 26 heavy (non-hydrogen) atoms. The van der Waals surface area contributed by atoms with Crippen molar-refractivity contribution in [3.63, 3.8) is 0 Å². The van der Waals surface area contributed by atoms with Gasteiger partial charge in [-0.05, 0) is 43.2 Å². The molecule has 9 heteroatoms. The molecular weight excluding hydrogens is 358 g/mol. The molecule has 0 atom stereocenters. The lowest BCUT2D eigenvalue weighted by atomic mass is 10.2. The Morgan fingerprint density at radius 1 is 1.23 bits per heavy atom. The third-order valence-electron chi connectivity index (χ3n) is 4.13. The second kappa shape index (κ2) is 7.20. The van der Waals surface area contributed by atoms with Gasteiger partial charge >= 0.3 is 5.97 Å². The number of rotatable bonds is 6. The van der Waals surface area contributed by atoms with Crippen molar-refractivity contribution in [2.45, 2.75) is 17.7 Å². The second-order valence-electron chi connectivity index (χ2n) is 5.88. The highest BCUT2D eigenvalue weighted by Crippen LogP contribution is 2.30. The summed E-state index contributed by atoms with van der Waals surface area (Å²) in [5.74, 6) is -0.198. The molecule has 1 saturated heterocycles. The molecule has 138 valence electrons. The highest BCUT2D eigenvalue weighted by molar-refractivity contribution is 7.92. The molecule has 0 spiro atoms. The molecule has 0 unspecified atom stereocenters. The minimum Gasteiger partial charge on any atom is -0.497 e. The van der Waals surface area contributed by atoms with E-state index in [-0.39, 0.29) is 16.1 Å². The summed E-state index contributed by atoms with van der Waals surface area (Å²) in [6.45, 7) is 1.49. The first-order valence-electron chi connectivity index (χ1n) is 8.06. The average molecular weight is 377 g/mol. The van der Waals surface area contributed by atoms with Crippen LogP contribution in [0.25, 0.3) is 0 Å². The van der Waals surface area contributed by atoms with Crippen LogP contribution in [-0.4, -0.2) is 44.7 Å². The first-order valence-corrected chi connectivity index (χ1v) is 9.54. The van der Waals surface area contributed by atoms with Crippen molar-refractivity contribution in [2.75, 3.05) is 29.8 Å². The number of hydrogen-bond donors (Lipinski definition) is 2. The maximum Gasteiger partial charge on any atom is 0.337 e. The van der Waals surface area contributed by atoms with Crippen LogP contribution in [0.1, 0.15) is 23.2 Å². The van der Waals surface area contributed by atoms with Crippen molar-refractivity contribution in [1.82, 2.24) is 4.98 Å². The summed E-state index contributed by atoms with van der Waals surface area (Å²) in [7, 11) is -2.40. The van der Waals surface area contributed by atoms with Gasteiger partial charge in [0.1, 0.15) is 5.75 Å². The molecule has 1 aliphatic rings. The fourth-order valence-corrected chi connectivity index (χ4v) is 3.84. The van der Waals surface area contributed by atoms with Crippen LogP contribution >= 0.6 is 0 Å². The quantitative estimate of drug-likeness (QED) is 0.794. The molecule has 8 nitrogen and oxygen atoms in total. The molecule has 3 rings (SSSR count). The molecule has 1 aliphatic heterocycles. The van der Waals surface area contributed by atoms with Gasteiger partial charge in [0.05, 0.1) is 23.3 Å². The predicted octanol–water partition coefficient (Wildman–Crippen LogP) is 2.19. The third kappa shape index (κ3) is 3.72. The number of benzene rings is 1. The number of nitrogens with zero attached hydrogens (tertiary/aromatic N) is 2. The Morgan fingerprint density at radius 3 is 2.46 bits per heavy atom. The molecule has 0 radical (unpaired) electrons. The van der Waals surface area contributed by atoms with E-state index in [0.29, 0.717) is 11.6 Å². The van der Waals surface area contributed by atoms with Gasteiger partial charge in [-0.25, -0.2) is 18.2 Å². The van der Waals surface area contributed by atoms with Crippen molar-refractivity contribution >= 4 is 27.5 Å². The smallest absolute Gasteiger partial charge is 0.337 e. The van der Waals surface area contributed by atoms with Crippen LogP contribution in [0.4, 0.5) is 11.5 Å². The molecule has 0 saturated carbocycles. The normalized spacial score (nSPS) is 14.3. The Balaban J connectivity index is 1.97. The van der Waals surface area contributed by atoms with Gasteiger partial charge in [0.25, 0.3) is 10.0 Å². The van der Waals surface area contributed by atoms with Crippen molar-refractivity contribution in [3.05, 3.63) is 42.1 Å². The monoisotopic (exact) mass is 377 g/mol. The number of hydrogen-bond acceptors (Lipinski definition) is 6. The number of anilines is 2. The van der Waals surface area contributed by atoms with Crippen molar-refractivity contribution in [2.24, 2.45) is 0 Å². The van der Waals surface area contributed by atoms with Gasteiger partial charge in [-0.1, -0.05) is 0 Å². The number of carbonyl (C=O) groups is 1. The van der Waals surface area contributed by atoms with Gasteiger partial charge in [-0.2, -0.15) is 0 Å². The number of carboxylic acids is 1. The Labute approximate surface area is 151 Å². The molecule has 2 aromatic rings. The van der Waals surface area contributed by atoms with Crippen LogP contribution in [0.15, 0.2) is 41.4 Å². The van der Waals surface area contributed by atoms with E-state index in [1.165, 1.54) is 31.5 Å². The fourth-order valence-electron chi connectivity index (χ4n) is 2.79.